The normalized spacial score (nSPS) is 8.86. The first-order valence-corrected chi connectivity index (χ1v) is 4.80. The second kappa shape index (κ2) is 6.34. The lowest BCUT2D eigenvalue weighted by atomic mass is 10.2. The maximum absolute atomic E-state index is 11.0. The maximum Gasteiger partial charge on any atom is 0.408 e. The van der Waals surface area contributed by atoms with Gasteiger partial charge in [0.2, 0.25) is 0 Å². The molecule has 0 aliphatic heterocycles. The van der Waals surface area contributed by atoms with Crippen LogP contribution in [0.5, 0.6) is 0 Å². The van der Waals surface area contributed by atoms with E-state index in [-0.39, 0.29) is 6.54 Å². The standard InChI is InChI=1S/C10H12BrNO2/c1-10(2,3)14-9(13)12-8-6-4-5-7-11/h8H2,1-3H3,(H,12,13). The molecule has 1 amide bonds. The zero-order valence-corrected chi connectivity index (χ0v) is 9.99. The minimum atomic E-state index is -0.479. The average molecular weight is 258 g/mol. The van der Waals surface area contributed by atoms with Crippen LogP contribution in [0.1, 0.15) is 20.8 Å². The summed E-state index contributed by atoms with van der Waals surface area (Å²) in [5, 5.41) is 2.48. The molecule has 0 aromatic carbocycles. The molecule has 0 fully saturated rings. The molecule has 0 aromatic rings. The fraction of sp³-hybridized carbons (Fsp3) is 0.500. The van der Waals surface area contributed by atoms with Gasteiger partial charge < -0.3 is 10.1 Å². The maximum atomic E-state index is 11.0. The molecule has 76 valence electrons. The quantitative estimate of drug-likeness (QED) is 0.729. The molecule has 0 saturated heterocycles. The van der Waals surface area contributed by atoms with E-state index in [1.54, 1.807) is 20.8 Å². The molecular formula is C10H12BrNO2. The van der Waals surface area contributed by atoms with Gasteiger partial charge in [-0.05, 0) is 37.4 Å². The molecule has 0 bridgehead atoms. The number of carbonyl (C=O) groups excluding carboxylic acids is 1. The molecule has 0 rings (SSSR count). The van der Waals surface area contributed by atoms with Crippen LogP contribution in [0, 0.1) is 22.6 Å². The van der Waals surface area contributed by atoms with Gasteiger partial charge in [0.15, 0.2) is 0 Å². The van der Waals surface area contributed by atoms with Crippen LogP contribution in [0.4, 0.5) is 4.79 Å². The number of amides is 1. The van der Waals surface area contributed by atoms with Gasteiger partial charge in [-0.2, -0.15) is 0 Å². The van der Waals surface area contributed by atoms with Crippen LogP contribution < -0.4 is 5.32 Å². The summed E-state index contributed by atoms with van der Waals surface area (Å²) >= 11 is 2.89. The molecule has 0 aliphatic rings. The van der Waals surface area contributed by atoms with Gasteiger partial charge in [0.25, 0.3) is 0 Å². The molecular weight excluding hydrogens is 246 g/mol. The molecule has 4 heteroatoms. The van der Waals surface area contributed by atoms with E-state index in [9.17, 15) is 4.79 Å². The van der Waals surface area contributed by atoms with Crippen LogP contribution in [0.3, 0.4) is 0 Å². The molecule has 0 heterocycles. The Balaban J connectivity index is 3.76. The first kappa shape index (κ1) is 12.9. The number of hydrogen-bond acceptors (Lipinski definition) is 2. The van der Waals surface area contributed by atoms with Crippen LogP contribution in [-0.2, 0) is 4.74 Å². The van der Waals surface area contributed by atoms with E-state index in [2.05, 4.69) is 43.8 Å². The van der Waals surface area contributed by atoms with Crippen molar-refractivity contribution in [1.29, 1.82) is 0 Å². The second-order valence-electron chi connectivity index (χ2n) is 3.38. The lowest BCUT2D eigenvalue weighted by Crippen LogP contribution is -2.32. The molecule has 0 spiro atoms. The minimum absolute atomic E-state index is 0.233. The van der Waals surface area contributed by atoms with Crippen molar-refractivity contribution in [2.75, 3.05) is 6.54 Å². The Labute approximate surface area is 92.7 Å². The Morgan fingerprint density at radius 3 is 2.57 bits per heavy atom. The first-order valence-electron chi connectivity index (χ1n) is 4.01. The van der Waals surface area contributed by atoms with E-state index in [1.807, 2.05) is 0 Å². The fourth-order valence-corrected chi connectivity index (χ4v) is 0.642. The summed E-state index contributed by atoms with van der Waals surface area (Å²) < 4.78 is 4.98. The Morgan fingerprint density at radius 1 is 1.43 bits per heavy atom. The van der Waals surface area contributed by atoms with E-state index in [0.29, 0.717) is 0 Å². The van der Waals surface area contributed by atoms with E-state index < -0.39 is 11.7 Å². The largest absolute Gasteiger partial charge is 0.444 e. The number of halogens is 1. The predicted octanol–water partition coefficient (Wildman–Crippen LogP) is 1.87. The van der Waals surface area contributed by atoms with Crippen molar-refractivity contribution >= 4 is 22.0 Å². The van der Waals surface area contributed by atoms with E-state index in [0.717, 1.165) is 0 Å². The monoisotopic (exact) mass is 257 g/mol. The lowest BCUT2D eigenvalue weighted by molar-refractivity contribution is 0.0535. The summed E-state index contributed by atoms with van der Waals surface area (Å²) in [6.07, 6.45) is -0.474. The van der Waals surface area contributed by atoms with Gasteiger partial charge in [-0.3, -0.25) is 0 Å². The molecule has 0 radical (unpaired) electrons. The highest BCUT2D eigenvalue weighted by Gasteiger charge is 2.14. The van der Waals surface area contributed by atoms with Crippen LogP contribution in [0.15, 0.2) is 0 Å². The van der Waals surface area contributed by atoms with Crippen molar-refractivity contribution in [3.8, 4) is 22.6 Å². The highest BCUT2D eigenvalue weighted by molar-refractivity contribution is 9.12. The SMILES string of the molecule is CC(C)(C)OC(=O)NCC#CC#CBr. The number of carbonyl (C=O) groups is 1. The Morgan fingerprint density at radius 2 is 2.07 bits per heavy atom. The zero-order valence-electron chi connectivity index (χ0n) is 8.40. The topological polar surface area (TPSA) is 38.3 Å². The molecule has 0 atom stereocenters. The minimum Gasteiger partial charge on any atom is -0.444 e. The zero-order chi connectivity index (χ0) is 11.0. The van der Waals surface area contributed by atoms with E-state index in [4.69, 9.17) is 4.74 Å². The third-order valence-corrected chi connectivity index (χ3v) is 1.12. The molecule has 0 aromatic heterocycles. The van der Waals surface area contributed by atoms with Gasteiger partial charge in [0.1, 0.15) is 5.60 Å². The summed E-state index contributed by atoms with van der Waals surface area (Å²) in [5.74, 6) is 7.65. The summed E-state index contributed by atoms with van der Waals surface area (Å²) in [4.78, 5) is 13.5. The number of rotatable bonds is 1. The predicted molar refractivity (Wildman–Crippen MR) is 58.7 cm³/mol. The van der Waals surface area contributed by atoms with Crippen LogP contribution >= 0.6 is 15.9 Å². The van der Waals surface area contributed by atoms with Gasteiger partial charge in [-0.15, -0.1) is 0 Å². The fourth-order valence-electron chi connectivity index (χ4n) is 0.543. The van der Waals surface area contributed by atoms with Gasteiger partial charge in [-0.1, -0.05) is 5.92 Å². The third-order valence-electron chi connectivity index (χ3n) is 0.918. The van der Waals surface area contributed by atoms with Gasteiger partial charge >= 0.3 is 6.09 Å². The molecule has 14 heavy (non-hydrogen) atoms. The smallest absolute Gasteiger partial charge is 0.408 e. The first-order chi connectivity index (χ1) is 6.45. The van der Waals surface area contributed by atoms with Crippen molar-refractivity contribution in [2.45, 2.75) is 26.4 Å². The third kappa shape index (κ3) is 8.96. The number of ether oxygens (including phenoxy) is 1. The van der Waals surface area contributed by atoms with Gasteiger partial charge in [0, 0.05) is 15.9 Å². The van der Waals surface area contributed by atoms with Crippen LogP contribution in [-0.4, -0.2) is 18.2 Å². The Kier molecular flexibility index (Phi) is 5.83. The molecule has 0 aliphatic carbocycles. The Bertz CT molecular complexity index is 309. The summed E-state index contributed by atoms with van der Waals surface area (Å²) in [7, 11) is 0. The van der Waals surface area contributed by atoms with Crippen molar-refractivity contribution in [2.24, 2.45) is 0 Å². The molecule has 3 nitrogen and oxygen atoms in total. The van der Waals surface area contributed by atoms with Crippen molar-refractivity contribution in [1.82, 2.24) is 5.32 Å². The molecule has 0 saturated carbocycles. The second-order valence-corrected chi connectivity index (χ2v) is 3.77. The van der Waals surface area contributed by atoms with Crippen molar-refractivity contribution in [3.63, 3.8) is 0 Å². The number of hydrogen-bond donors (Lipinski definition) is 1. The molecule has 0 unspecified atom stereocenters. The van der Waals surface area contributed by atoms with Crippen molar-refractivity contribution < 1.29 is 9.53 Å². The van der Waals surface area contributed by atoms with Crippen LogP contribution in [0.2, 0.25) is 0 Å². The van der Waals surface area contributed by atoms with E-state index in [1.165, 1.54) is 0 Å². The van der Waals surface area contributed by atoms with Gasteiger partial charge in [0.05, 0.1) is 6.54 Å². The summed E-state index contributed by atoms with van der Waals surface area (Å²) in [6.45, 7) is 5.63. The average Bonchev–Trinajstić information content (AvgIpc) is 2.00. The van der Waals surface area contributed by atoms with E-state index >= 15 is 0 Å². The van der Waals surface area contributed by atoms with Gasteiger partial charge in [-0.25, -0.2) is 4.79 Å². The summed E-state index contributed by atoms with van der Waals surface area (Å²) in [5.41, 5.74) is -0.479. The molecule has 1 N–H and O–H groups in total. The van der Waals surface area contributed by atoms with Crippen molar-refractivity contribution in [3.05, 3.63) is 0 Å². The Hall–Kier alpha value is -1.13. The number of nitrogens with one attached hydrogen (secondary N) is 1. The summed E-state index contributed by atoms with van der Waals surface area (Å²) in [6, 6.07) is 0. The lowest BCUT2D eigenvalue weighted by Gasteiger charge is -2.18. The highest BCUT2D eigenvalue weighted by Crippen LogP contribution is 2.05. The van der Waals surface area contributed by atoms with Crippen LogP contribution in [0.25, 0.3) is 0 Å². The number of alkyl carbamates (subject to hydrolysis) is 1. The highest BCUT2D eigenvalue weighted by atomic mass is 79.9.